The SMILES string of the molecule is COc1ccc(Nc2nccc(CO)n2)cc1. The van der Waals surface area contributed by atoms with Crippen molar-refractivity contribution in [3.63, 3.8) is 0 Å². The van der Waals surface area contributed by atoms with Crippen LogP contribution in [0.15, 0.2) is 36.5 Å². The van der Waals surface area contributed by atoms with Crippen molar-refractivity contribution in [2.24, 2.45) is 0 Å². The molecule has 0 radical (unpaired) electrons. The first-order valence-electron chi connectivity index (χ1n) is 5.15. The summed E-state index contributed by atoms with van der Waals surface area (Å²) in [6.07, 6.45) is 1.60. The lowest BCUT2D eigenvalue weighted by atomic mass is 10.3. The van der Waals surface area contributed by atoms with E-state index in [4.69, 9.17) is 9.84 Å². The molecule has 88 valence electrons. The van der Waals surface area contributed by atoms with Crippen LogP contribution in [0.25, 0.3) is 0 Å². The van der Waals surface area contributed by atoms with E-state index in [1.807, 2.05) is 24.3 Å². The molecule has 5 heteroatoms. The van der Waals surface area contributed by atoms with Crippen LogP contribution in [0, 0.1) is 0 Å². The third-order valence-corrected chi connectivity index (χ3v) is 2.22. The van der Waals surface area contributed by atoms with E-state index in [1.54, 1.807) is 19.4 Å². The fourth-order valence-corrected chi connectivity index (χ4v) is 1.35. The smallest absolute Gasteiger partial charge is 0.227 e. The highest BCUT2D eigenvalue weighted by Gasteiger charge is 1.99. The predicted molar refractivity (Wildman–Crippen MR) is 64.2 cm³/mol. The molecule has 0 aliphatic heterocycles. The van der Waals surface area contributed by atoms with Crippen LogP contribution in [0.1, 0.15) is 5.69 Å². The first kappa shape index (κ1) is 11.3. The molecule has 1 aromatic heterocycles. The van der Waals surface area contributed by atoms with Crippen LogP contribution in [0.3, 0.4) is 0 Å². The molecule has 2 N–H and O–H groups in total. The highest BCUT2D eigenvalue weighted by atomic mass is 16.5. The van der Waals surface area contributed by atoms with Gasteiger partial charge in [-0.1, -0.05) is 0 Å². The van der Waals surface area contributed by atoms with Gasteiger partial charge < -0.3 is 15.2 Å². The number of aromatic nitrogens is 2. The van der Waals surface area contributed by atoms with Gasteiger partial charge in [0.2, 0.25) is 5.95 Å². The highest BCUT2D eigenvalue weighted by molar-refractivity contribution is 5.54. The molecule has 0 saturated heterocycles. The van der Waals surface area contributed by atoms with E-state index < -0.39 is 0 Å². The lowest BCUT2D eigenvalue weighted by Crippen LogP contribution is -1.99. The molecule has 0 bridgehead atoms. The summed E-state index contributed by atoms with van der Waals surface area (Å²) in [5.74, 6) is 1.25. The maximum atomic E-state index is 8.96. The molecule has 0 aliphatic rings. The molecular weight excluding hydrogens is 218 g/mol. The number of hydrogen-bond donors (Lipinski definition) is 2. The summed E-state index contributed by atoms with van der Waals surface area (Å²) >= 11 is 0. The molecule has 5 nitrogen and oxygen atoms in total. The van der Waals surface area contributed by atoms with Crippen LogP contribution >= 0.6 is 0 Å². The van der Waals surface area contributed by atoms with Crippen LogP contribution < -0.4 is 10.1 Å². The fourth-order valence-electron chi connectivity index (χ4n) is 1.35. The van der Waals surface area contributed by atoms with E-state index in [0.717, 1.165) is 11.4 Å². The zero-order valence-corrected chi connectivity index (χ0v) is 9.42. The monoisotopic (exact) mass is 231 g/mol. The number of benzene rings is 1. The molecule has 0 saturated carbocycles. The van der Waals surface area contributed by atoms with Gasteiger partial charge in [0.05, 0.1) is 19.4 Å². The first-order chi connectivity index (χ1) is 8.31. The minimum atomic E-state index is -0.0974. The normalized spacial score (nSPS) is 10.0. The van der Waals surface area contributed by atoms with E-state index in [0.29, 0.717) is 11.6 Å². The number of anilines is 2. The molecular formula is C12H13N3O2. The van der Waals surface area contributed by atoms with Crippen molar-refractivity contribution in [2.75, 3.05) is 12.4 Å². The summed E-state index contributed by atoms with van der Waals surface area (Å²) < 4.78 is 5.06. The van der Waals surface area contributed by atoms with Gasteiger partial charge in [-0.05, 0) is 30.3 Å². The lowest BCUT2D eigenvalue weighted by Gasteiger charge is -2.06. The number of nitrogens with one attached hydrogen (secondary N) is 1. The largest absolute Gasteiger partial charge is 0.497 e. The van der Waals surface area contributed by atoms with Gasteiger partial charge in [0.25, 0.3) is 0 Å². The van der Waals surface area contributed by atoms with E-state index >= 15 is 0 Å². The topological polar surface area (TPSA) is 67.3 Å². The number of ether oxygens (including phenoxy) is 1. The third-order valence-electron chi connectivity index (χ3n) is 2.22. The lowest BCUT2D eigenvalue weighted by molar-refractivity contribution is 0.277. The van der Waals surface area contributed by atoms with Gasteiger partial charge >= 0.3 is 0 Å². The van der Waals surface area contributed by atoms with Gasteiger partial charge in [-0.25, -0.2) is 9.97 Å². The number of methoxy groups -OCH3 is 1. The predicted octanol–water partition coefficient (Wildman–Crippen LogP) is 1.72. The molecule has 2 rings (SSSR count). The standard InChI is InChI=1S/C12H13N3O2/c1-17-11-4-2-9(3-5-11)14-12-13-7-6-10(8-16)15-12/h2-7,16H,8H2,1H3,(H,13,14,15). The quantitative estimate of drug-likeness (QED) is 0.838. The van der Waals surface area contributed by atoms with Crippen molar-refractivity contribution in [2.45, 2.75) is 6.61 Å². The fraction of sp³-hybridized carbons (Fsp3) is 0.167. The number of hydrogen-bond acceptors (Lipinski definition) is 5. The number of aliphatic hydroxyl groups excluding tert-OH is 1. The zero-order chi connectivity index (χ0) is 12.1. The van der Waals surface area contributed by atoms with Gasteiger partial charge in [0.1, 0.15) is 5.75 Å². The van der Waals surface area contributed by atoms with E-state index in [1.165, 1.54) is 0 Å². The molecule has 0 atom stereocenters. The summed E-state index contributed by atoms with van der Waals surface area (Å²) in [7, 11) is 1.62. The average Bonchev–Trinajstić information content (AvgIpc) is 2.40. The molecule has 1 heterocycles. The second kappa shape index (κ2) is 5.27. The molecule has 2 aromatic rings. The van der Waals surface area contributed by atoms with Gasteiger partial charge in [-0.15, -0.1) is 0 Å². The Balaban J connectivity index is 2.13. The summed E-state index contributed by atoms with van der Waals surface area (Å²) in [4.78, 5) is 8.19. The second-order valence-corrected chi connectivity index (χ2v) is 3.38. The van der Waals surface area contributed by atoms with E-state index in [9.17, 15) is 0 Å². The Bertz CT molecular complexity index is 485. The van der Waals surface area contributed by atoms with Gasteiger partial charge in [0.15, 0.2) is 0 Å². The van der Waals surface area contributed by atoms with Gasteiger partial charge in [-0.2, -0.15) is 0 Å². The van der Waals surface area contributed by atoms with Crippen molar-refractivity contribution in [1.82, 2.24) is 9.97 Å². The van der Waals surface area contributed by atoms with Crippen molar-refractivity contribution in [3.8, 4) is 5.75 Å². The molecule has 0 aliphatic carbocycles. The number of rotatable bonds is 4. The van der Waals surface area contributed by atoms with Gasteiger partial charge in [-0.3, -0.25) is 0 Å². The van der Waals surface area contributed by atoms with Crippen LogP contribution in [0.2, 0.25) is 0 Å². The Labute approximate surface area is 99.1 Å². The molecule has 0 spiro atoms. The third kappa shape index (κ3) is 2.92. The van der Waals surface area contributed by atoms with Crippen molar-refractivity contribution in [3.05, 3.63) is 42.2 Å². The molecule has 0 fully saturated rings. The molecule has 17 heavy (non-hydrogen) atoms. The van der Waals surface area contributed by atoms with E-state index in [2.05, 4.69) is 15.3 Å². The maximum absolute atomic E-state index is 8.96. The minimum Gasteiger partial charge on any atom is -0.497 e. The van der Waals surface area contributed by atoms with Crippen molar-refractivity contribution in [1.29, 1.82) is 0 Å². The zero-order valence-electron chi connectivity index (χ0n) is 9.42. The number of aliphatic hydroxyl groups is 1. The van der Waals surface area contributed by atoms with Crippen molar-refractivity contribution < 1.29 is 9.84 Å². The average molecular weight is 231 g/mol. The maximum Gasteiger partial charge on any atom is 0.227 e. The molecule has 1 aromatic carbocycles. The van der Waals surface area contributed by atoms with Gasteiger partial charge in [0, 0.05) is 11.9 Å². The molecule has 0 amide bonds. The first-order valence-corrected chi connectivity index (χ1v) is 5.15. The van der Waals surface area contributed by atoms with Crippen LogP contribution in [0.5, 0.6) is 5.75 Å². The Morgan fingerprint density at radius 2 is 2.00 bits per heavy atom. The van der Waals surface area contributed by atoms with Crippen LogP contribution in [0.4, 0.5) is 11.6 Å². The summed E-state index contributed by atoms with van der Waals surface area (Å²) in [6, 6.07) is 9.09. The second-order valence-electron chi connectivity index (χ2n) is 3.38. The minimum absolute atomic E-state index is 0.0974. The van der Waals surface area contributed by atoms with Crippen molar-refractivity contribution >= 4 is 11.6 Å². The Morgan fingerprint density at radius 3 is 2.65 bits per heavy atom. The summed E-state index contributed by atoms with van der Waals surface area (Å²) in [5, 5.41) is 12.0. The van der Waals surface area contributed by atoms with Crippen LogP contribution in [-0.4, -0.2) is 22.2 Å². The summed E-state index contributed by atoms with van der Waals surface area (Å²) in [6.45, 7) is -0.0974. The summed E-state index contributed by atoms with van der Waals surface area (Å²) in [5.41, 5.74) is 1.44. The van der Waals surface area contributed by atoms with Crippen LogP contribution in [-0.2, 0) is 6.61 Å². The highest BCUT2D eigenvalue weighted by Crippen LogP contribution is 2.17. The Morgan fingerprint density at radius 1 is 1.24 bits per heavy atom. The number of nitrogens with zero attached hydrogens (tertiary/aromatic N) is 2. The van der Waals surface area contributed by atoms with E-state index in [-0.39, 0.29) is 6.61 Å². The Kier molecular flexibility index (Phi) is 3.52. The Hall–Kier alpha value is -2.14. The molecule has 0 unspecified atom stereocenters.